The lowest BCUT2D eigenvalue weighted by Gasteiger charge is -2.07. The van der Waals surface area contributed by atoms with Gasteiger partial charge in [0, 0.05) is 12.3 Å². The highest BCUT2D eigenvalue weighted by Gasteiger charge is 2.34. The topological polar surface area (TPSA) is 148 Å². The number of ether oxygens (including phenoxy) is 2. The SMILES string of the molecule is COC(=O)c1c(-c2ccc(S(C)(=O)=O)cc2[N+](=O)[O-])nn(-c2ccccc2)c1C(=O)OC. The van der Waals surface area contributed by atoms with E-state index in [9.17, 15) is 28.1 Å². The Kier molecular flexibility index (Phi) is 6.07. The van der Waals surface area contributed by atoms with Gasteiger partial charge in [0.05, 0.1) is 35.3 Å². The average molecular weight is 459 g/mol. The molecule has 0 N–H and O–H groups in total. The number of para-hydroxylation sites is 1. The molecule has 1 heterocycles. The number of rotatable bonds is 6. The molecule has 0 amide bonds. The van der Waals surface area contributed by atoms with Gasteiger partial charge in [-0.15, -0.1) is 0 Å². The minimum atomic E-state index is -3.75. The third-order valence-electron chi connectivity index (χ3n) is 4.50. The Morgan fingerprint density at radius 3 is 2.19 bits per heavy atom. The van der Waals surface area contributed by atoms with Crippen molar-refractivity contribution in [2.45, 2.75) is 4.90 Å². The van der Waals surface area contributed by atoms with Crippen LogP contribution in [0.3, 0.4) is 0 Å². The van der Waals surface area contributed by atoms with Gasteiger partial charge in [-0.25, -0.2) is 22.7 Å². The zero-order valence-electron chi connectivity index (χ0n) is 17.1. The van der Waals surface area contributed by atoms with Crippen molar-refractivity contribution in [2.24, 2.45) is 0 Å². The van der Waals surface area contributed by atoms with Crippen LogP contribution < -0.4 is 0 Å². The maximum Gasteiger partial charge on any atom is 0.357 e. The van der Waals surface area contributed by atoms with E-state index in [-0.39, 0.29) is 27.4 Å². The molecule has 0 aliphatic carbocycles. The number of esters is 2. The van der Waals surface area contributed by atoms with Gasteiger partial charge >= 0.3 is 11.9 Å². The van der Waals surface area contributed by atoms with E-state index in [1.54, 1.807) is 30.3 Å². The van der Waals surface area contributed by atoms with E-state index in [0.29, 0.717) is 5.69 Å². The summed E-state index contributed by atoms with van der Waals surface area (Å²) in [5.41, 5.74) is -1.33. The first-order chi connectivity index (χ1) is 15.1. The van der Waals surface area contributed by atoms with Crippen molar-refractivity contribution in [3.63, 3.8) is 0 Å². The number of hydrogen-bond donors (Lipinski definition) is 0. The van der Waals surface area contributed by atoms with Crippen LogP contribution in [-0.4, -0.2) is 55.5 Å². The number of nitro benzene ring substituents is 1. The van der Waals surface area contributed by atoms with E-state index in [4.69, 9.17) is 9.47 Å². The Morgan fingerprint density at radius 2 is 1.66 bits per heavy atom. The number of nitrogens with zero attached hydrogens (tertiary/aromatic N) is 3. The molecule has 0 fully saturated rings. The van der Waals surface area contributed by atoms with E-state index in [2.05, 4.69) is 5.10 Å². The molecule has 2 aromatic carbocycles. The summed E-state index contributed by atoms with van der Waals surface area (Å²) < 4.78 is 34.5. The molecule has 0 bridgehead atoms. The van der Waals surface area contributed by atoms with Crippen molar-refractivity contribution in [2.75, 3.05) is 20.5 Å². The number of methoxy groups -OCH3 is 2. The molecular formula is C20H17N3O8S. The van der Waals surface area contributed by atoms with Crippen molar-refractivity contribution in [1.82, 2.24) is 9.78 Å². The number of hydrogen-bond acceptors (Lipinski definition) is 9. The summed E-state index contributed by atoms with van der Waals surface area (Å²) in [6.07, 6.45) is 0.908. The number of aromatic nitrogens is 2. The normalized spacial score (nSPS) is 11.1. The van der Waals surface area contributed by atoms with Crippen LogP contribution in [0.4, 0.5) is 5.69 Å². The molecule has 0 radical (unpaired) electrons. The fourth-order valence-electron chi connectivity index (χ4n) is 3.04. The van der Waals surface area contributed by atoms with Crippen LogP contribution in [0.2, 0.25) is 0 Å². The molecule has 166 valence electrons. The van der Waals surface area contributed by atoms with E-state index < -0.39 is 32.4 Å². The first kappa shape index (κ1) is 22.6. The smallest absolute Gasteiger partial charge is 0.357 e. The largest absolute Gasteiger partial charge is 0.465 e. The molecule has 0 aliphatic heterocycles. The van der Waals surface area contributed by atoms with Crippen LogP contribution in [0.15, 0.2) is 53.4 Å². The number of carbonyl (C=O) groups excluding carboxylic acids is 2. The van der Waals surface area contributed by atoms with Crippen LogP contribution in [0, 0.1) is 10.1 Å². The minimum absolute atomic E-state index is 0.178. The van der Waals surface area contributed by atoms with E-state index in [1.807, 2.05) is 0 Å². The Morgan fingerprint density at radius 1 is 1.03 bits per heavy atom. The molecule has 3 aromatic rings. The number of carbonyl (C=O) groups is 2. The Hall–Kier alpha value is -4.06. The third-order valence-corrected chi connectivity index (χ3v) is 5.61. The lowest BCUT2D eigenvalue weighted by atomic mass is 10.0. The molecule has 0 saturated carbocycles. The Labute approximate surface area is 182 Å². The first-order valence-corrected chi connectivity index (χ1v) is 10.8. The molecule has 0 unspecified atom stereocenters. The molecule has 3 rings (SSSR count). The second-order valence-electron chi connectivity index (χ2n) is 6.51. The minimum Gasteiger partial charge on any atom is -0.465 e. The van der Waals surface area contributed by atoms with Gasteiger partial charge in [0.1, 0.15) is 11.3 Å². The monoisotopic (exact) mass is 459 g/mol. The Balaban J connectivity index is 2.44. The van der Waals surface area contributed by atoms with Gasteiger partial charge in [0.25, 0.3) is 5.69 Å². The van der Waals surface area contributed by atoms with Crippen molar-refractivity contribution >= 4 is 27.5 Å². The zero-order chi connectivity index (χ0) is 23.6. The molecule has 32 heavy (non-hydrogen) atoms. The molecule has 0 atom stereocenters. The number of benzene rings is 2. The maximum absolute atomic E-state index is 12.7. The lowest BCUT2D eigenvalue weighted by molar-refractivity contribution is -0.384. The van der Waals surface area contributed by atoms with Crippen molar-refractivity contribution in [1.29, 1.82) is 0 Å². The van der Waals surface area contributed by atoms with Crippen LogP contribution in [-0.2, 0) is 19.3 Å². The van der Waals surface area contributed by atoms with Crippen molar-refractivity contribution < 1.29 is 32.4 Å². The second-order valence-corrected chi connectivity index (χ2v) is 8.53. The molecule has 0 saturated heterocycles. The summed E-state index contributed by atoms with van der Waals surface area (Å²) >= 11 is 0. The maximum atomic E-state index is 12.7. The van der Waals surface area contributed by atoms with Crippen LogP contribution in [0.1, 0.15) is 20.8 Å². The fraction of sp³-hybridized carbons (Fsp3) is 0.150. The Bertz CT molecular complexity index is 1330. The van der Waals surface area contributed by atoms with Gasteiger partial charge in [0.2, 0.25) is 0 Å². The van der Waals surface area contributed by atoms with E-state index >= 15 is 0 Å². The predicted octanol–water partition coefficient (Wildman–Crippen LogP) is 2.42. The molecule has 11 nitrogen and oxygen atoms in total. The molecule has 0 aliphatic rings. The predicted molar refractivity (Wildman–Crippen MR) is 111 cm³/mol. The average Bonchev–Trinajstić information content (AvgIpc) is 3.18. The second kappa shape index (κ2) is 8.59. The quantitative estimate of drug-likeness (QED) is 0.308. The highest BCUT2D eigenvalue weighted by Crippen LogP contribution is 2.36. The molecule has 12 heteroatoms. The van der Waals surface area contributed by atoms with Gasteiger partial charge in [-0.05, 0) is 24.3 Å². The van der Waals surface area contributed by atoms with Crippen molar-refractivity contribution in [3.8, 4) is 16.9 Å². The van der Waals surface area contributed by atoms with Gasteiger partial charge in [-0.3, -0.25) is 10.1 Å². The summed E-state index contributed by atoms with van der Waals surface area (Å²) in [5, 5.41) is 16.0. The molecule has 0 spiro atoms. The van der Waals surface area contributed by atoms with Gasteiger partial charge < -0.3 is 9.47 Å². The van der Waals surface area contributed by atoms with Gasteiger partial charge in [-0.2, -0.15) is 5.10 Å². The van der Waals surface area contributed by atoms with Crippen LogP contribution in [0.5, 0.6) is 0 Å². The summed E-state index contributed by atoms with van der Waals surface area (Å²) in [5.74, 6) is -1.91. The molecular weight excluding hydrogens is 442 g/mol. The third kappa shape index (κ3) is 4.07. The van der Waals surface area contributed by atoms with E-state index in [0.717, 1.165) is 43.4 Å². The number of nitro groups is 1. The summed E-state index contributed by atoms with van der Waals surface area (Å²) in [6.45, 7) is 0. The fourth-order valence-corrected chi connectivity index (χ4v) is 3.68. The van der Waals surface area contributed by atoms with Gasteiger partial charge in [0.15, 0.2) is 15.5 Å². The van der Waals surface area contributed by atoms with E-state index in [1.165, 1.54) is 0 Å². The zero-order valence-corrected chi connectivity index (χ0v) is 18.0. The summed E-state index contributed by atoms with van der Waals surface area (Å²) in [6, 6.07) is 11.4. The highest BCUT2D eigenvalue weighted by molar-refractivity contribution is 7.90. The van der Waals surface area contributed by atoms with Crippen LogP contribution >= 0.6 is 0 Å². The van der Waals surface area contributed by atoms with Crippen molar-refractivity contribution in [3.05, 3.63) is 69.9 Å². The summed E-state index contributed by atoms with van der Waals surface area (Å²) in [4.78, 5) is 35.9. The summed E-state index contributed by atoms with van der Waals surface area (Å²) in [7, 11) is -1.56. The highest BCUT2D eigenvalue weighted by atomic mass is 32.2. The molecule has 1 aromatic heterocycles. The first-order valence-electron chi connectivity index (χ1n) is 8.94. The standard InChI is InChI=1S/C20H17N3O8S/c1-30-19(24)16-17(14-10-9-13(32(3,28)29)11-15(14)23(26)27)21-22(18(16)20(25)31-2)12-7-5-4-6-8-12/h4-11H,1-3H3. The lowest BCUT2D eigenvalue weighted by Crippen LogP contribution is -2.15. The number of sulfone groups is 1. The van der Waals surface area contributed by atoms with Crippen LogP contribution in [0.25, 0.3) is 16.9 Å². The van der Waals surface area contributed by atoms with Gasteiger partial charge in [-0.1, -0.05) is 18.2 Å².